The van der Waals surface area contributed by atoms with E-state index in [-0.39, 0.29) is 5.91 Å². The van der Waals surface area contributed by atoms with Gasteiger partial charge in [-0.15, -0.1) is 0 Å². The Balaban J connectivity index is 1.97. The van der Waals surface area contributed by atoms with Crippen LogP contribution in [-0.4, -0.2) is 20.5 Å². The van der Waals surface area contributed by atoms with E-state index in [1.54, 1.807) is 29.2 Å². The number of nitrogen functional groups attached to an aromatic ring is 1. The second-order valence-electron chi connectivity index (χ2n) is 4.27. The largest absolute Gasteiger partial charge is 0.397 e. The van der Waals surface area contributed by atoms with Crippen LogP contribution in [0, 0.1) is 0 Å². The highest BCUT2D eigenvalue weighted by atomic mass is 79.9. The zero-order valence-electron chi connectivity index (χ0n) is 10.5. The molecule has 0 aliphatic carbocycles. The highest BCUT2D eigenvalue weighted by molar-refractivity contribution is 9.11. The molecule has 1 aromatic carbocycles. The predicted molar refractivity (Wildman–Crippen MR) is 87.2 cm³/mol. The van der Waals surface area contributed by atoms with Gasteiger partial charge in [0.2, 0.25) is 0 Å². The summed E-state index contributed by atoms with van der Waals surface area (Å²) in [6, 6.07) is 3.53. The van der Waals surface area contributed by atoms with Gasteiger partial charge in [-0.3, -0.25) is 9.78 Å². The van der Waals surface area contributed by atoms with Gasteiger partial charge in [0, 0.05) is 21.3 Å². The summed E-state index contributed by atoms with van der Waals surface area (Å²) in [6.45, 7) is 0. The lowest BCUT2D eigenvalue weighted by molar-refractivity contribution is 0.102. The molecule has 0 aliphatic heterocycles. The van der Waals surface area contributed by atoms with Crippen molar-refractivity contribution >= 4 is 54.7 Å². The van der Waals surface area contributed by atoms with E-state index in [2.05, 4.69) is 47.3 Å². The summed E-state index contributed by atoms with van der Waals surface area (Å²) >= 11 is 6.72. The van der Waals surface area contributed by atoms with Crippen LogP contribution in [0.5, 0.6) is 0 Å². The van der Waals surface area contributed by atoms with Gasteiger partial charge >= 0.3 is 0 Å². The van der Waals surface area contributed by atoms with Crippen LogP contribution in [0.2, 0.25) is 0 Å². The van der Waals surface area contributed by atoms with Gasteiger partial charge in [-0.05, 0) is 28.1 Å². The average molecular weight is 411 g/mol. The molecule has 3 aromatic rings. The first kappa shape index (κ1) is 14.0. The molecule has 6 nitrogen and oxygen atoms in total. The summed E-state index contributed by atoms with van der Waals surface area (Å²) in [5.74, 6) is -0.298. The van der Waals surface area contributed by atoms with Gasteiger partial charge in [0.1, 0.15) is 0 Å². The Morgan fingerprint density at radius 3 is 2.86 bits per heavy atom. The molecule has 0 saturated carbocycles. The smallest absolute Gasteiger partial charge is 0.259 e. The molecule has 2 heterocycles. The van der Waals surface area contributed by atoms with E-state index in [4.69, 9.17) is 5.73 Å². The topological polar surface area (TPSA) is 85.3 Å². The molecule has 3 rings (SSSR count). The fourth-order valence-electron chi connectivity index (χ4n) is 1.92. The highest BCUT2D eigenvalue weighted by Gasteiger charge is 2.16. The lowest BCUT2D eigenvalue weighted by Gasteiger charge is -2.10. The standard InChI is InChI=1S/C13H9Br2N5O/c14-7-3-9(15)12(10(16)4-7)19-13(21)8-5-18-20-2-1-17-6-11(8)20/h1-6H,16H2,(H,19,21). The van der Waals surface area contributed by atoms with Gasteiger partial charge in [-0.25, -0.2) is 4.52 Å². The number of hydrogen-bond acceptors (Lipinski definition) is 4. The summed E-state index contributed by atoms with van der Waals surface area (Å²) in [5, 5.41) is 6.89. The molecule has 1 amide bonds. The molecule has 21 heavy (non-hydrogen) atoms. The first-order valence-electron chi connectivity index (χ1n) is 5.89. The summed E-state index contributed by atoms with van der Waals surface area (Å²) in [6.07, 6.45) is 6.36. The Bertz CT molecular complexity index is 822. The van der Waals surface area contributed by atoms with Gasteiger partial charge in [-0.1, -0.05) is 15.9 Å². The van der Waals surface area contributed by atoms with Crippen LogP contribution < -0.4 is 11.1 Å². The van der Waals surface area contributed by atoms with Crippen LogP contribution in [0.4, 0.5) is 11.4 Å². The highest BCUT2D eigenvalue weighted by Crippen LogP contribution is 2.33. The van der Waals surface area contributed by atoms with Crippen molar-refractivity contribution in [1.29, 1.82) is 0 Å². The second kappa shape index (κ2) is 5.45. The van der Waals surface area contributed by atoms with Crippen molar-refractivity contribution in [2.45, 2.75) is 0 Å². The van der Waals surface area contributed by atoms with Gasteiger partial charge in [0.15, 0.2) is 0 Å². The second-order valence-corrected chi connectivity index (χ2v) is 6.04. The number of anilines is 2. The van der Waals surface area contributed by atoms with Crippen LogP contribution in [0.1, 0.15) is 10.4 Å². The number of amides is 1. The summed E-state index contributed by atoms with van der Waals surface area (Å²) in [5.41, 5.74) is 7.96. The van der Waals surface area contributed by atoms with Gasteiger partial charge in [0.25, 0.3) is 5.91 Å². The van der Waals surface area contributed by atoms with E-state index < -0.39 is 0 Å². The maximum Gasteiger partial charge on any atom is 0.259 e. The van der Waals surface area contributed by atoms with Crippen molar-refractivity contribution in [3.63, 3.8) is 0 Å². The van der Waals surface area contributed by atoms with Crippen molar-refractivity contribution in [2.24, 2.45) is 0 Å². The number of aromatic nitrogens is 3. The number of carbonyl (C=O) groups is 1. The molecule has 0 atom stereocenters. The lowest BCUT2D eigenvalue weighted by Crippen LogP contribution is -2.13. The zero-order valence-corrected chi connectivity index (χ0v) is 13.7. The molecule has 2 aromatic heterocycles. The van der Waals surface area contributed by atoms with Crippen LogP contribution >= 0.6 is 31.9 Å². The van der Waals surface area contributed by atoms with Crippen molar-refractivity contribution in [2.75, 3.05) is 11.1 Å². The van der Waals surface area contributed by atoms with Crippen molar-refractivity contribution in [3.8, 4) is 0 Å². The average Bonchev–Trinajstić information content (AvgIpc) is 2.86. The number of nitrogens with two attached hydrogens (primary N) is 1. The minimum absolute atomic E-state index is 0.298. The fraction of sp³-hybridized carbons (Fsp3) is 0. The number of rotatable bonds is 2. The Hall–Kier alpha value is -1.93. The van der Waals surface area contributed by atoms with Crippen LogP contribution in [0.15, 0.2) is 45.9 Å². The van der Waals surface area contributed by atoms with E-state index in [9.17, 15) is 4.79 Å². The zero-order chi connectivity index (χ0) is 15.0. The Labute approximate surface area is 136 Å². The predicted octanol–water partition coefficient (Wildman–Crippen LogP) is 3.09. The molecular formula is C13H9Br2N5O. The quantitative estimate of drug-likeness (QED) is 0.635. The van der Waals surface area contributed by atoms with Crippen molar-refractivity contribution in [3.05, 3.63) is 51.4 Å². The number of nitrogens with zero attached hydrogens (tertiary/aromatic N) is 3. The van der Waals surface area contributed by atoms with Crippen LogP contribution in [-0.2, 0) is 0 Å². The maximum atomic E-state index is 12.4. The lowest BCUT2D eigenvalue weighted by atomic mass is 10.2. The normalized spacial score (nSPS) is 10.8. The maximum absolute atomic E-state index is 12.4. The Morgan fingerprint density at radius 2 is 2.10 bits per heavy atom. The molecule has 0 aliphatic rings. The number of nitrogens with one attached hydrogen (secondary N) is 1. The number of halogens is 2. The number of benzene rings is 1. The molecule has 0 bridgehead atoms. The first-order chi connectivity index (χ1) is 10.1. The number of fused-ring (bicyclic) bond motifs is 1. The van der Waals surface area contributed by atoms with Crippen molar-refractivity contribution in [1.82, 2.24) is 14.6 Å². The minimum Gasteiger partial charge on any atom is -0.397 e. The van der Waals surface area contributed by atoms with E-state index in [1.165, 1.54) is 6.20 Å². The van der Waals surface area contributed by atoms with Gasteiger partial charge < -0.3 is 11.1 Å². The fourth-order valence-corrected chi connectivity index (χ4v) is 3.27. The van der Waals surface area contributed by atoms with Crippen LogP contribution in [0.25, 0.3) is 5.52 Å². The molecule has 106 valence electrons. The number of hydrogen-bond donors (Lipinski definition) is 2. The molecule has 0 fully saturated rings. The van der Waals surface area contributed by atoms with Gasteiger partial charge in [0.05, 0.1) is 34.8 Å². The Morgan fingerprint density at radius 1 is 1.29 bits per heavy atom. The van der Waals surface area contributed by atoms with E-state index in [1.807, 2.05) is 6.07 Å². The third-order valence-corrected chi connectivity index (χ3v) is 3.98. The number of carbonyl (C=O) groups excluding carboxylic acids is 1. The van der Waals surface area contributed by atoms with E-state index >= 15 is 0 Å². The molecule has 0 radical (unpaired) electrons. The third kappa shape index (κ3) is 2.64. The monoisotopic (exact) mass is 409 g/mol. The summed E-state index contributed by atoms with van der Waals surface area (Å²) in [4.78, 5) is 16.4. The van der Waals surface area contributed by atoms with E-state index in [0.29, 0.717) is 26.9 Å². The SMILES string of the molecule is Nc1cc(Br)cc(Br)c1NC(=O)c1cnn2ccncc12. The Kier molecular flexibility index (Phi) is 3.64. The molecule has 0 spiro atoms. The minimum atomic E-state index is -0.298. The molecule has 8 heteroatoms. The van der Waals surface area contributed by atoms with Crippen molar-refractivity contribution < 1.29 is 4.79 Å². The molecule has 0 saturated heterocycles. The third-order valence-electron chi connectivity index (χ3n) is 2.89. The van der Waals surface area contributed by atoms with E-state index in [0.717, 1.165) is 4.47 Å². The first-order valence-corrected chi connectivity index (χ1v) is 7.48. The molecule has 3 N–H and O–H groups in total. The molecular weight excluding hydrogens is 402 g/mol. The van der Waals surface area contributed by atoms with Gasteiger partial charge in [-0.2, -0.15) is 5.10 Å². The summed E-state index contributed by atoms with van der Waals surface area (Å²) < 4.78 is 3.10. The summed E-state index contributed by atoms with van der Waals surface area (Å²) in [7, 11) is 0. The molecule has 0 unspecified atom stereocenters. The van der Waals surface area contributed by atoms with Crippen LogP contribution in [0.3, 0.4) is 0 Å².